The van der Waals surface area contributed by atoms with Crippen LogP contribution in [0.3, 0.4) is 0 Å². The highest BCUT2D eigenvalue weighted by Crippen LogP contribution is 2.30. The lowest BCUT2D eigenvalue weighted by molar-refractivity contribution is -0.137. The molecule has 0 fully saturated rings. The molecule has 0 saturated heterocycles. The molecule has 0 radical (unpaired) electrons. The zero-order chi connectivity index (χ0) is 20.1. The zero-order valence-corrected chi connectivity index (χ0v) is 14.9. The fourth-order valence-corrected chi connectivity index (χ4v) is 2.54. The van der Waals surface area contributed by atoms with E-state index in [0.717, 1.165) is 17.7 Å². The second-order valence-electron chi connectivity index (χ2n) is 6.15. The molecule has 0 atom stereocenters. The van der Waals surface area contributed by atoms with E-state index in [2.05, 4.69) is 15.3 Å². The number of hydrogen-bond donors (Lipinski definition) is 1. The lowest BCUT2D eigenvalue weighted by Gasteiger charge is -2.17. The molecule has 0 spiro atoms. The number of nitrogens with one attached hydrogen (secondary N) is 1. The van der Waals surface area contributed by atoms with Crippen LogP contribution in [0.2, 0.25) is 0 Å². The summed E-state index contributed by atoms with van der Waals surface area (Å²) in [5, 5.41) is 2.43. The molecule has 1 aromatic heterocycles. The molecule has 8 heteroatoms. The van der Waals surface area contributed by atoms with Crippen LogP contribution in [0.1, 0.15) is 21.5 Å². The van der Waals surface area contributed by atoms with Gasteiger partial charge >= 0.3 is 6.18 Å². The van der Waals surface area contributed by atoms with Crippen molar-refractivity contribution in [1.29, 1.82) is 0 Å². The summed E-state index contributed by atoms with van der Waals surface area (Å²) in [6, 6.07) is 14.2. The Morgan fingerprint density at radius 2 is 1.71 bits per heavy atom. The van der Waals surface area contributed by atoms with Crippen LogP contribution in [0.4, 0.5) is 24.8 Å². The maximum absolute atomic E-state index is 12.8. The Labute approximate surface area is 159 Å². The summed E-state index contributed by atoms with van der Waals surface area (Å²) >= 11 is 0. The van der Waals surface area contributed by atoms with E-state index in [1.165, 1.54) is 24.5 Å². The van der Waals surface area contributed by atoms with Crippen molar-refractivity contribution in [3.8, 4) is 0 Å². The Kier molecular flexibility index (Phi) is 5.58. The normalized spacial score (nSPS) is 11.1. The molecular formula is C20H17F3N4O. The Balaban J connectivity index is 1.67. The Hall–Kier alpha value is -3.42. The first-order valence-corrected chi connectivity index (χ1v) is 8.38. The average molecular weight is 386 g/mol. The summed E-state index contributed by atoms with van der Waals surface area (Å²) in [5.74, 6) is -0.156. The van der Waals surface area contributed by atoms with Crippen LogP contribution in [0, 0.1) is 0 Å². The zero-order valence-electron chi connectivity index (χ0n) is 14.9. The van der Waals surface area contributed by atoms with Crippen LogP contribution in [-0.4, -0.2) is 22.9 Å². The van der Waals surface area contributed by atoms with Crippen molar-refractivity contribution in [3.05, 3.63) is 83.7 Å². The van der Waals surface area contributed by atoms with Gasteiger partial charge in [0.25, 0.3) is 5.91 Å². The van der Waals surface area contributed by atoms with Crippen LogP contribution < -0.4 is 10.2 Å². The summed E-state index contributed by atoms with van der Waals surface area (Å²) in [7, 11) is 1.82. The van der Waals surface area contributed by atoms with Crippen molar-refractivity contribution >= 4 is 17.5 Å². The molecule has 0 aliphatic heterocycles. The first-order chi connectivity index (χ1) is 13.3. The van der Waals surface area contributed by atoms with E-state index in [1.807, 2.05) is 42.3 Å². The van der Waals surface area contributed by atoms with Gasteiger partial charge in [-0.25, -0.2) is 9.97 Å². The van der Waals surface area contributed by atoms with Gasteiger partial charge in [-0.15, -0.1) is 0 Å². The van der Waals surface area contributed by atoms with Gasteiger partial charge in [0.2, 0.25) is 5.95 Å². The summed E-state index contributed by atoms with van der Waals surface area (Å²) in [5.41, 5.74) is 0.443. The molecule has 3 aromatic rings. The third kappa shape index (κ3) is 4.85. The second-order valence-corrected chi connectivity index (χ2v) is 6.15. The lowest BCUT2D eigenvalue weighted by atomic mass is 10.2. The highest BCUT2D eigenvalue weighted by atomic mass is 19.4. The molecule has 144 valence electrons. The van der Waals surface area contributed by atoms with Gasteiger partial charge in [-0.05, 0) is 23.8 Å². The number of anilines is 2. The molecule has 2 aromatic carbocycles. The molecule has 0 unspecified atom stereocenters. The average Bonchev–Trinajstić information content (AvgIpc) is 2.68. The molecule has 5 nitrogen and oxygen atoms in total. The second kappa shape index (κ2) is 8.08. The van der Waals surface area contributed by atoms with Crippen molar-refractivity contribution in [1.82, 2.24) is 9.97 Å². The van der Waals surface area contributed by atoms with Crippen molar-refractivity contribution in [2.75, 3.05) is 17.3 Å². The third-order valence-electron chi connectivity index (χ3n) is 3.95. The predicted molar refractivity (Wildman–Crippen MR) is 100.0 cm³/mol. The van der Waals surface area contributed by atoms with Crippen molar-refractivity contribution < 1.29 is 18.0 Å². The third-order valence-corrected chi connectivity index (χ3v) is 3.95. The number of rotatable bonds is 5. The smallest absolute Gasteiger partial charge is 0.340 e. The van der Waals surface area contributed by atoms with E-state index in [0.29, 0.717) is 12.5 Å². The number of carbonyl (C=O) groups is 1. The predicted octanol–water partition coefficient (Wildman–Crippen LogP) is 4.38. The molecule has 0 bridgehead atoms. The van der Waals surface area contributed by atoms with Gasteiger partial charge in [-0.3, -0.25) is 4.79 Å². The highest BCUT2D eigenvalue weighted by Gasteiger charge is 2.30. The summed E-state index contributed by atoms with van der Waals surface area (Å²) in [4.78, 5) is 22.4. The van der Waals surface area contributed by atoms with E-state index in [4.69, 9.17) is 0 Å². The number of benzene rings is 2. The minimum absolute atomic E-state index is 0.0464. The molecule has 1 amide bonds. The van der Waals surface area contributed by atoms with Gasteiger partial charge in [0, 0.05) is 31.7 Å². The summed E-state index contributed by atoms with van der Waals surface area (Å²) in [6.07, 6.45) is -1.80. The number of halogens is 3. The van der Waals surface area contributed by atoms with Crippen LogP contribution >= 0.6 is 0 Å². The quantitative estimate of drug-likeness (QED) is 0.707. The number of amides is 1. The SMILES string of the molecule is CN(Cc1ccccc1)c1ncc(C(=O)Nc2cccc(C(F)(F)F)c2)cn1. The fraction of sp³-hybridized carbons (Fsp3) is 0.150. The molecule has 1 heterocycles. The van der Waals surface area contributed by atoms with E-state index in [1.54, 1.807) is 0 Å². The first kappa shape index (κ1) is 19.3. The van der Waals surface area contributed by atoms with Crippen LogP contribution in [0.5, 0.6) is 0 Å². The number of nitrogens with zero attached hydrogens (tertiary/aromatic N) is 3. The van der Waals surface area contributed by atoms with Crippen molar-refractivity contribution in [3.63, 3.8) is 0 Å². The number of hydrogen-bond acceptors (Lipinski definition) is 4. The van der Waals surface area contributed by atoms with Crippen molar-refractivity contribution in [2.24, 2.45) is 0 Å². The maximum atomic E-state index is 12.8. The molecular weight excluding hydrogens is 369 g/mol. The minimum atomic E-state index is -4.48. The van der Waals surface area contributed by atoms with E-state index >= 15 is 0 Å². The molecule has 0 aliphatic carbocycles. The molecule has 1 N–H and O–H groups in total. The van der Waals surface area contributed by atoms with Gasteiger partial charge in [-0.2, -0.15) is 13.2 Å². The number of carbonyl (C=O) groups excluding carboxylic acids is 1. The Bertz CT molecular complexity index is 944. The monoisotopic (exact) mass is 386 g/mol. The highest BCUT2D eigenvalue weighted by molar-refractivity contribution is 6.03. The van der Waals surface area contributed by atoms with Crippen LogP contribution in [0.25, 0.3) is 0 Å². The van der Waals surface area contributed by atoms with E-state index in [-0.39, 0.29) is 11.3 Å². The van der Waals surface area contributed by atoms with Gasteiger partial charge < -0.3 is 10.2 Å². The number of aromatic nitrogens is 2. The minimum Gasteiger partial charge on any atom is -0.340 e. The molecule has 28 heavy (non-hydrogen) atoms. The standard InChI is InChI=1S/C20H17F3N4O/c1-27(13-14-6-3-2-4-7-14)19-24-11-15(12-25-19)18(28)26-17-9-5-8-16(10-17)20(21,22)23/h2-12H,13H2,1H3,(H,26,28). The van der Waals surface area contributed by atoms with Crippen LogP contribution in [0.15, 0.2) is 67.0 Å². The van der Waals surface area contributed by atoms with E-state index in [9.17, 15) is 18.0 Å². The summed E-state index contributed by atoms with van der Waals surface area (Å²) < 4.78 is 38.3. The Morgan fingerprint density at radius 1 is 1.04 bits per heavy atom. The molecule has 3 rings (SSSR count). The van der Waals surface area contributed by atoms with Gasteiger partial charge in [-0.1, -0.05) is 36.4 Å². The van der Waals surface area contributed by atoms with Crippen molar-refractivity contribution in [2.45, 2.75) is 12.7 Å². The first-order valence-electron chi connectivity index (χ1n) is 8.38. The number of alkyl halides is 3. The maximum Gasteiger partial charge on any atom is 0.416 e. The largest absolute Gasteiger partial charge is 0.416 e. The van der Waals surface area contributed by atoms with Gasteiger partial charge in [0.1, 0.15) is 0 Å². The topological polar surface area (TPSA) is 58.1 Å². The Morgan fingerprint density at radius 3 is 2.36 bits per heavy atom. The van der Waals surface area contributed by atoms with E-state index < -0.39 is 17.6 Å². The van der Waals surface area contributed by atoms with Gasteiger partial charge in [0.05, 0.1) is 11.1 Å². The van der Waals surface area contributed by atoms with Gasteiger partial charge in [0.15, 0.2) is 0 Å². The molecule has 0 aliphatic rings. The van der Waals surface area contributed by atoms with Crippen LogP contribution in [-0.2, 0) is 12.7 Å². The summed E-state index contributed by atoms with van der Waals surface area (Å²) in [6.45, 7) is 0.594. The molecule has 0 saturated carbocycles. The fourth-order valence-electron chi connectivity index (χ4n) is 2.54. The lowest BCUT2D eigenvalue weighted by Crippen LogP contribution is -2.20.